The molecule has 0 saturated heterocycles. The van der Waals surface area contributed by atoms with E-state index in [9.17, 15) is 18.0 Å². The van der Waals surface area contributed by atoms with Crippen molar-refractivity contribution in [2.45, 2.75) is 71.1 Å². The molecule has 1 fully saturated rings. The molecule has 1 aliphatic carbocycles. The molecule has 0 bridgehead atoms. The molecule has 158 valence electrons. The Morgan fingerprint density at radius 1 is 1.17 bits per heavy atom. The third kappa shape index (κ3) is 5.81. The predicted octanol–water partition coefficient (Wildman–Crippen LogP) is 4.47. The van der Waals surface area contributed by atoms with E-state index < -0.39 is 11.7 Å². The Labute approximate surface area is 168 Å². The molecule has 3 rings (SSSR count). The quantitative estimate of drug-likeness (QED) is 0.666. The van der Waals surface area contributed by atoms with E-state index in [1.807, 2.05) is 0 Å². The highest BCUT2D eigenvalue weighted by atomic mass is 19.4. The standard InChI is InChI=1S/C21H27F3N4O/c1-14(2)7-10-18-26-27-19(28(18)16-8-9-16)11-12-20(29)25-13-15-5-3-4-6-17(15)21(22,23)24/h3-6,14,16H,7-13H2,1-2H3,(H,25,29). The van der Waals surface area contributed by atoms with Crippen molar-refractivity contribution in [1.29, 1.82) is 0 Å². The summed E-state index contributed by atoms with van der Waals surface area (Å²) >= 11 is 0. The van der Waals surface area contributed by atoms with E-state index in [1.54, 1.807) is 0 Å². The van der Waals surface area contributed by atoms with Crippen molar-refractivity contribution in [3.63, 3.8) is 0 Å². The maximum absolute atomic E-state index is 13.1. The second-order valence-corrected chi connectivity index (χ2v) is 8.00. The molecule has 1 aromatic heterocycles. The number of aryl methyl sites for hydroxylation is 2. The molecule has 1 heterocycles. The van der Waals surface area contributed by atoms with Gasteiger partial charge < -0.3 is 9.88 Å². The maximum Gasteiger partial charge on any atom is 0.416 e. The topological polar surface area (TPSA) is 59.8 Å². The first-order chi connectivity index (χ1) is 13.8. The lowest BCUT2D eigenvalue weighted by molar-refractivity contribution is -0.138. The van der Waals surface area contributed by atoms with Gasteiger partial charge in [-0.15, -0.1) is 10.2 Å². The van der Waals surface area contributed by atoms with Crippen LogP contribution in [0.4, 0.5) is 13.2 Å². The monoisotopic (exact) mass is 408 g/mol. The van der Waals surface area contributed by atoms with Crippen LogP contribution in [0.3, 0.4) is 0 Å². The van der Waals surface area contributed by atoms with Crippen LogP contribution in [0, 0.1) is 5.92 Å². The van der Waals surface area contributed by atoms with Crippen LogP contribution >= 0.6 is 0 Å². The smallest absolute Gasteiger partial charge is 0.352 e. The van der Waals surface area contributed by atoms with Crippen LogP contribution in [-0.2, 0) is 30.4 Å². The molecule has 1 aromatic carbocycles. The van der Waals surface area contributed by atoms with Crippen LogP contribution in [-0.4, -0.2) is 20.7 Å². The van der Waals surface area contributed by atoms with Crippen LogP contribution in [0.25, 0.3) is 0 Å². The molecule has 1 saturated carbocycles. The number of amides is 1. The minimum atomic E-state index is -4.44. The Kier molecular flexibility index (Phi) is 6.59. The molecule has 2 aromatic rings. The molecule has 0 atom stereocenters. The lowest BCUT2D eigenvalue weighted by Gasteiger charge is -2.13. The van der Waals surface area contributed by atoms with Crippen LogP contribution in [0.5, 0.6) is 0 Å². The van der Waals surface area contributed by atoms with Gasteiger partial charge in [-0.3, -0.25) is 4.79 Å². The first kappa shape index (κ1) is 21.3. The van der Waals surface area contributed by atoms with Gasteiger partial charge in [-0.05, 0) is 36.8 Å². The summed E-state index contributed by atoms with van der Waals surface area (Å²) in [6, 6.07) is 5.71. The zero-order chi connectivity index (χ0) is 21.0. The summed E-state index contributed by atoms with van der Waals surface area (Å²) in [6.07, 6.45) is 0.251. The Morgan fingerprint density at radius 2 is 1.83 bits per heavy atom. The molecule has 0 unspecified atom stereocenters. The molecular formula is C21H27F3N4O. The molecule has 0 aliphatic heterocycles. The molecule has 8 heteroatoms. The molecule has 0 spiro atoms. The highest BCUT2D eigenvalue weighted by Crippen LogP contribution is 2.37. The zero-order valence-electron chi connectivity index (χ0n) is 16.8. The van der Waals surface area contributed by atoms with E-state index >= 15 is 0 Å². The number of aromatic nitrogens is 3. The first-order valence-electron chi connectivity index (χ1n) is 10.1. The number of alkyl halides is 3. The number of halogens is 3. The summed E-state index contributed by atoms with van der Waals surface area (Å²) < 4.78 is 41.3. The summed E-state index contributed by atoms with van der Waals surface area (Å²) in [7, 11) is 0. The molecule has 0 radical (unpaired) electrons. The Hall–Kier alpha value is -2.38. The van der Waals surface area contributed by atoms with Gasteiger partial charge in [0.15, 0.2) is 0 Å². The average molecular weight is 408 g/mol. The number of nitrogens with zero attached hydrogens (tertiary/aromatic N) is 3. The third-order valence-electron chi connectivity index (χ3n) is 5.07. The van der Waals surface area contributed by atoms with Crippen LogP contribution < -0.4 is 5.32 Å². The third-order valence-corrected chi connectivity index (χ3v) is 5.07. The highest BCUT2D eigenvalue weighted by molar-refractivity contribution is 5.76. The zero-order valence-corrected chi connectivity index (χ0v) is 16.8. The van der Waals surface area contributed by atoms with Gasteiger partial charge in [0.05, 0.1) is 5.56 Å². The lowest BCUT2D eigenvalue weighted by atomic mass is 10.1. The summed E-state index contributed by atoms with van der Waals surface area (Å²) in [6.45, 7) is 4.18. The van der Waals surface area contributed by atoms with E-state index in [4.69, 9.17) is 0 Å². The summed E-state index contributed by atoms with van der Waals surface area (Å²) in [4.78, 5) is 12.2. The fraction of sp³-hybridized carbons (Fsp3) is 0.571. The molecule has 29 heavy (non-hydrogen) atoms. The van der Waals surface area contributed by atoms with Gasteiger partial charge in [-0.25, -0.2) is 0 Å². The number of rotatable bonds is 9. The number of benzene rings is 1. The Morgan fingerprint density at radius 3 is 2.45 bits per heavy atom. The number of carbonyl (C=O) groups is 1. The first-order valence-corrected chi connectivity index (χ1v) is 10.1. The second kappa shape index (κ2) is 8.97. The van der Waals surface area contributed by atoms with Crippen molar-refractivity contribution in [2.24, 2.45) is 5.92 Å². The minimum Gasteiger partial charge on any atom is -0.352 e. The van der Waals surface area contributed by atoms with E-state index in [1.165, 1.54) is 18.2 Å². The minimum absolute atomic E-state index is 0.0606. The molecule has 1 aliphatic rings. The van der Waals surface area contributed by atoms with Gasteiger partial charge >= 0.3 is 6.18 Å². The van der Waals surface area contributed by atoms with Gasteiger partial charge in [0, 0.05) is 31.8 Å². The fourth-order valence-corrected chi connectivity index (χ4v) is 3.33. The number of hydrogen-bond donors (Lipinski definition) is 1. The van der Waals surface area contributed by atoms with Crippen LogP contribution in [0.1, 0.15) is 68.3 Å². The van der Waals surface area contributed by atoms with Gasteiger partial charge in [-0.2, -0.15) is 13.2 Å². The second-order valence-electron chi connectivity index (χ2n) is 8.00. The van der Waals surface area contributed by atoms with Crippen molar-refractivity contribution < 1.29 is 18.0 Å². The predicted molar refractivity (Wildman–Crippen MR) is 103 cm³/mol. The maximum atomic E-state index is 13.1. The van der Waals surface area contributed by atoms with Gasteiger partial charge in [0.25, 0.3) is 0 Å². The Balaban J connectivity index is 1.57. The molecule has 5 nitrogen and oxygen atoms in total. The van der Waals surface area contributed by atoms with Crippen LogP contribution in [0.2, 0.25) is 0 Å². The summed E-state index contributed by atoms with van der Waals surface area (Å²) in [5.41, 5.74) is -0.658. The van der Waals surface area contributed by atoms with Crippen molar-refractivity contribution >= 4 is 5.91 Å². The van der Waals surface area contributed by atoms with E-state index in [-0.39, 0.29) is 24.4 Å². The fourth-order valence-electron chi connectivity index (χ4n) is 3.33. The number of nitrogens with one attached hydrogen (secondary N) is 1. The van der Waals surface area contributed by atoms with Crippen molar-refractivity contribution in [3.05, 3.63) is 47.0 Å². The van der Waals surface area contributed by atoms with Crippen molar-refractivity contribution in [2.75, 3.05) is 0 Å². The average Bonchev–Trinajstić information content (AvgIpc) is 3.42. The lowest BCUT2D eigenvalue weighted by Crippen LogP contribution is -2.25. The largest absolute Gasteiger partial charge is 0.416 e. The van der Waals surface area contributed by atoms with Gasteiger partial charge in [-0.1, -0.05) is 32.0 Å². The number of carbonyl (C=O) groups excluding carboxylic acids is 1. The summed E-state index contributed by atoms with van der Waals surface area (Å²) in [5, 5.41) is 11.2. The van der Waals surface area contributed by atoms with Crippen molar-refractivity contribution in [1.82, 2.24) is 20.1 Å². The number of hydrogen-bond acceptors (Lipinski definition) is 3. The van der Waals surface area contributed by atoms with E-state index in [0.29, 0.717) is 18.4 Å². The molecule has 1 N–H and O–H groups in total. The van der Waals surface area contributed by atoms with Crippen molar-refractivity contribution in [3.8, 4) is 0 Å². The van der Waals surface area contributed by atoms with Gasteiger partial charge in [0.2, 0.25) is 5.91 Å². The molecule has 1 amide bonds. The molecular weight excluding hydrogens is 381 g/mol. The van der Waals surface area contributed by atoms with E-state index in [2.05, 4.69) is 33.9 Å². The SMILES string of the molecule is CC(C)CCc1nnc(CCC(=O)NCc2ccccc2C(F)(F)F)n1C1CC1. The highest BCUT2D eigenvalue weighted by Gasteiger charge is 2.33. The van der Waals surface area contributed by atoms with E-state index in [0.717, 1.165) is 43.4 Å². The Bertz CT molecular complexity index is 841. The summed E-state index contributed by atoms with van der Waals surface area (Å²) in [5.74, 6) is 2.04. The normalized spacial score (nSPS) is 14.4. The van der Waals surface area contributed by atoms with Gasteiger partial charge in [0.1, 0.15) is 11.6 Å². The van der Waals surface area contributed by atoms with Crippen LogP contribution in [0.15, 0.2) is 24.3 Å².